The first-order valence-electron chi connectivity index (χ1n) is 8.68. The Balaban J connectivity index is 1.94. The molecule has 0 saturated heterocycles. The Bertz CT molecular complexity index is 701. The van der Waals surface area contributed by atoms with Gasteiger partial charge in [0.05, 0.1) is 5.69 Å². The molecule has 0 bridgehead atoms. The van der Waals surface area contributed by atoms with Crippen LogP contribution in [0.5, 0.6) is 0 Å². The molecular weight excluding hydrogens is 316 g/mol. The number of thioether (sulfide) groups is 1. The molecule has 0 aliphatic heterocycles. The van der Waals surface area contributed by atoms with Crippen LogP contribution in [0.1, 0.15) is 41.5 Å². The predicted molar refractivity (Wildman–Crippen MR) is 102 cm³/mol. The standard InChI is InChI=1S/C19H28N4S/c1-13-6-7-14(2)17(10-13)23-19(15-11-16(12-15)22(3)4)20-18(21-23)8-9-24-5/h6-7,10,15-16H,8-9,11-12H2,1-5H3. The lowest BCUT2D eigenvalue weighted by atomic mass is 9.79. The lowest BCUT2D eigenvalue weighted by molar-refractivity contribution is 0.160. The number of aryl methyl sites for hydroxylation is 3. The highest BCUT2D eigenvalue weighted by atomic mass is 32.2. The summed E-state index contributed by atoms with van der Waals surface area (Å²) in [4.78, 5) is 7.25. The van der Waals surface area contributed by atoms with Gasteiger partial charge in [0.2, 0.25) is 0 Å². The molecular formula is C19H28N4S. The summed E-state index contributed by atoms with van der Waals surface area (Å²) in [5, 5.41) is 4.87. The van der Waals surface area contributed by atoms with E-state index >= 15 is 0 Å². The summed E-state index contributed by atoms with van der Waals surface area (Å²) in [7, 11) is 4.33. The van der Waals surface area contributed by atoms with Crippen molar-refractivity contribution in [1.29, 1.82) is 0 Å². The Kier molecular flexibility index (Phi) is 5.30. The molecule has 0 unspecified atom stereocenters. The lowest BCUT2D eigenvalue weighted by Gasteiger charge is -2.39. The number of benzene rings is 1. The molecule has 1 saturated carbocycles. The van der Waals surface area contributed by atoms with Crippen LogP contribution in [0.3, 0.4) is 0 Å². The molecule has 1 aromatic heterocycles. The highest BCUT2D eigenvalue weighted by Gasteiger charge is 2.35. The van der Waals surface area contributed by atoms with Gasteiger partial charge in [0.25, 0.3) is 0 Å². The molecule has 1 aliphatic rings. The third kappa shape index (κ3) is 3.52. The molecule has 1 aromatic carbocycles. The van der Waals surface area contributed by atoms with E-state index in [2.05, 4.69) is 62.0 Å². The van der Waals surface area contributed by atoms with Crippen LogP contribution >= 0.6 is 11.8 Å². The maximum absolute atomic E-state index is 4.93. The van der Waals surface area contributed by atoms with Gasteiger partial charge < -0.3 is 4.90 Å². The number of rotatable bonds is 6. The summed E-state index contributed by atoms with van der Waals surface area (Å²) in [5.41, 5.74) is 3.70. The molecule has 0 amide bonds. The minimum atomic E-state index is 0.521. The van der Waals surface area contributed by atoms with Gasteiger partial charge in [0.15, 0.2) is 5.82 Å². The third-order valence-corrected chi connectivity index (χ3v) is 5.62. The number of hydrogen-bond donors (Lipinski definition) is 0. The van der Waals surface area contributed by atoms with Crippen molar-refractivity contribution in [2.75, 3.05) is 26.1 Å². The zero-order valence-electron chi connectivity index (χ0n) is 15.4. The van der Waals surface area contributed by atoms with E-state index in [9.17, 15) is 0 Å². The van der Waals surface area contributed by atoms with E-state index in [1.54, 1.807) is 0 Å². The zero-order chi connectivity index (χ0) is 17.3. The molecule has 0 spiro atoms. The number of aromatic nitrogens is 3. The van der Waals surface area contributed by atoms with Crippen molar-refractivity contribution in [3.63, 3.8) is 0 Å². The first-order chi connectivity index (χ1) is 11.5. The summed E-state index contributed by atoms with van der Waals surface area (Å²) in [5.74, 6) is 3.72. The summed E-state index contributed by atoms with van der Waals surface area (Å²) in [6, 6.07) is 7.25. The van der Waals surface area contributed by atoms with E-state index in [0.29, 0.717) is 12.0 Å². The van der Waals surface area contributed by atoms with Crippen molar-refractivity contribution in [3.8, 4) is 5.69 Å². The zero-order valence-corrected chi connectivity index (χ0v) is 16.2. The van der Waals surface area contributed by atoms with Crippen LogP contribution in [0.4, 0.5) is 0 Å². The Morgan fingerprint density at radius 2 is 2.00 bits per heavy atom. The molecule has 1 fully saturated rings. The fourth-order valence-electron chi connectivity index (χ4n) is 3.28. The summed E-state index contributed by atoms with van der Waals surface area (Å²) in [6.07, 6.45) is 5.43. The summed E-state index contributed by atoms with van der Waals surface area (Å²) >= 11 is 1.85. The molecule has 0 N–H and O–H groups in total. The van der Waals surface area contributed by atoms with Gasteiger partial charge >= 0.3 is 0 Å². The molecule has 3 rings (SSSR count). The highest BCUT2D eigenvalue weighted by molar-refractivity contribution is 7.98. The van der Waals surface area contributed by atoms with Crippen LogP contribution in [0.25, 0.3) is 5.69 Å². The van der Waals surface area contributed by atoms with E-state index in [-0.39, 0.29) is 0 Å². The Morgan fingerprint density at radius 1 is 1.25 bits per heavy atom. The van der Waals surface area contributed by atoms with Gasteiger partial charge in [0.1, 0.15) is 5.82 Å². The molecule has 130 valence electrons. The lowest BCUT2D eigenvalue weighted by Crippen LogP contribution is -2.40. The van der Waals surface area contributed by atoms with Crippen LogP contribution in [-0.2, 0) is 6.42 Å². The van der Waals surface area contributed by atoms with Gasteiger partial charge in [0, 0.05) is 24.1 Å². The van der Waals surface area contributed by atoms with Gasteiger partial charge in [-0.15, -0.1) is 0 Å². The van der Waals surface area contributed by atoms with Gasteiger partial charge in [-0.1, -0.05) is 12.1 Å². The van der Waals surface area contributed by atoms with Gasteiger partial charge in [-0.3, -0.25) is 0 Å². The molecule has 5 heteroatoms. The van der Waals surface area contributed by atoms with Crippen LogP contribution in [0.2, 0.25) is 0 Å². The second-order valence-corrected chi connectivity index (χ2v) is 8.10. The largest absolute Gasteiger partial charge is 0.306 e. The van der Waals surface area contributed by atoms with Gasteiger partial charge in [-0.05, 0) is 64.2 Å². The van der Waals surface area contributed by atoms with Crippen molar-refractivity contribution in [2.24, 2.45) is 0 Å². The third-order valence-electron chi connectivity index (χ3n) is 5.01. The van der Waals surface area contributed by atoms with E-state index in [0.717, 1.165) is 23.8 Å². The Labute approximate surface area is 149 Å². The highest BCUT2D eigenvalue weighted by Crippen LogP contribution is 2.39. The van der Waals surface area contributed by atoms with Crippen molar-refractivity contribution in [2.45, 2.75) is 45.1 Å². The minimum absolute atomic E-state index is 0.521. The number of hydrogen-bond acceptors (Lipinski definition) is 4. The molecule has 0 radical (unpaired) electrons. The second kappa shape index (κ2) is 7.28. The van der Waals surface area contributed by atoms with Crippen LogP contribution < -0.4 is 0 Å². The van der Waals surface area contributed by atoms with E-state index < -0.39 is 0 Å². The Hall–Kier alpha value is -1.33. The quantitative estimate of drug-likeness (QED) is 0.802. The average Bonchev–Trinajstić information content (AvgIpc) is 2.89. The first kappa shape index (κ1) is 17.5. The normalized spacial score (nSPS) is 20.4. The fraction of sp³-hybridized carbons (Fsp3) is 0.579. The van der Waals surface area contributed by atoms with Crippen molar-refractivity contribution in [1.82, 2.24) is 19.7 Å². The van der Waals surface area contributed by atoms with Crippen LogP contribution in [0.15, 0.2) is 18.2 Å². The van der Waals surface area contributed by atoms with Crippen molar-refractivity contribution in [3.05, 3.63) is 41.0 Å². The maximum atomic E-state index is 4.93. The molecule has 4 nitrogen and oxygen atoms in total. The molecule has 1 heterocycles. The SMILES string of the molecule is CSCCc1nc(C2CC(N(C)C)C2)n(-c2cc(C)ccc2C)n1. The monoisotopic (exact) mass is 344 g/mol. The van der Waals surface area contributed by atoms with Crippen molar-refractivity contribution >= 4 is 11.8 Å². The number of nitrogens with zero attached hydrogens (tertiary/aromatic N) is 4. The molecule has 1 aliphatic carbocycles. The Morgan fingerprint density at radius 3 is 2.67 bits per heavy atom. The maximum Gasteiger partial charge on any atom is 0.152 e. The van der Waals surface area contributed by atoms with Crippen LogP contribution in [0, 0.1) is 13.8 Å². The summed E-state index contributed by atoms with van der Waals surface area (Å²) < 4.78 is 2.12. The minimum Gasteiger partial charge on any atom is -0.306 e. The van der Waals surface area contributed by atoms with Crippen molar-refractivity contribution < 1.29 is 0 Å². The second-order valence-electron chi connectivity index (χ2n) is 7.12. The summed E-state index contributed by atoms with van der Waals surface area (Å²) in [6.45, 7) is 4.30. The fourth-order valence-corrected chi connectivity index (χ4v) is 3.66. The van der Waals surface area contributed by atoms with E-state index in [1.807, 2.05) is 11.8 Å². The predicted octanol–water partition coefficient (Wildman–Crippen LogP) is 3.60. The first-order valence-corrected chi connectivity index (χ1v) is 10.1. The average molecular weight is 345 g/mol. The molecule has 2 aromatic rings. The van der Waals surface area contributed by atoms with E-state index in [4.69, 9.17) is 10.1 Å². The molecule has 24 heavy (non-hydrogen) atoms. The van der Waals surface area contributed by atoms with Gasteiger partial charge in [-0.25, -0.2) is 9.67 Å². The molecule has 0 atom stereocenters. The van der Waals surface area contributed by atoms with Crippen LogP contribution in [-0.4, -0.2) is 51.8 Å². The van der Waals surface area contributed by atoms with E-state index in [1.165, 1.54) is 29.7 Å². The smallest absolute Gasteiger partial charge is 0.152 e. The van der Waals surface area contributed by atoms with Gasteiger partial charge in [-0.2, -0.15) is 16.9 Å². The topological polar surface area (TPSA) is 34.0 Å².